The molecule has 2 rings (SSSR count). The Hall–Kier alpha value is -0.683. The molecule has 0 heterocycles. The van der Waals surface area contributed by atoms with Crippen LogP contribution in [0, 0.1) is 11.8 Å². The molecular weight excluding hydrogens is 409 g/mol. The SMILES string of the molecule is CC(C)COc1ccc(PC(=O)c2c(Cl)cccc2Cl)c(OCC(C)C)c1.[Li]. The summed E-state index contributed by atoms with van der Waals surface area (Å²) in [5, 5.41) is 1.54. The number of hydrogen-bond acceptors (Lipinski definition) is 3. The first-order valence-electron chi connectivity index (χ1n) is 8.93. The Morgan fingerprint density at radius 1 is 0.964 bits per heavy atom. The molecule has 0 aromatic heterocycles. The molecule has 0 N–H and O–H groups in total. The average molecular weight is 434 g/mol. The summed E-state index contributed by atoms with van der Waals surface area (Å²) < 4.78 is 11.7. The summed E-state index contributed by atoms with van der Waals surface area (Å²) in [6.45, 7) is 9.53. The topological polar surface area (TPSA) is 35.5 Å². The predicted octanol–water partition coefficient (Wildman–Crippen LogP) is 5.83. The zero-order valence-electron chi connectivity index (χ0n) is 17.0. The minimum atomic E-state index is -0.144. The molecule has 0 amide bonds. The van der Waals surface area contributed by atoms with Crippen molar-refractivity contribution in [3.63, 3.8) is 0 Å². The summed E-state index contributed by atoms with van der Waals surface area (Å²) in [6.07, 6.45) is 0. The Morgan fingerprint density at radius 3 is 2.11 bits per heavy atom. The fourth-order valence-corrected chi connectivity index (χ4v) is 4.03. The van der Waals surface area contributed by atoms with Gasteiger partial charge in [-0.1, -0.05) is 57.0 Å². The van der Waals surface area contributed by atoms with Crippen molar-refractivity contribution in [1.82, 2.24) is 0 Å². The van der Waals surface area contributed by atoms with Crippen LogP contribution in [0.15, 0.2) is 36.4 Å². The van der Waals surface area contributed by atoms with Gasteiger partial charge in [0.1, 0.15) is 11.5 Å². The zero-order valence-corrected chi connectivity index (χ0v) is 19.5. The van der Waals surface area contributed by atoms with E-state index in [1.54, 1.807) is 18.2 Å². The smallest absolute Gasteiger partial charge is 0.188 e. The van der Waals surface area contributed by atoms with Crippen LogP contribution in [0.1, 0.15) is 38.1 Å². The maximum atomic E-state index is 12.8. The third-order valence-electron chi connectivity index (χ3n) is 3.55. The van der Waals surface area contributed by atoms with Gasteiger partial charge >= 0.3 is 0 Å². The van der Waals surface area contributed by atoms with Crippen molar-refractivity contribution in [3.8, 4) is 11.5 Å². The number of carbonyl (C=O) groups is 1. The zero-order chi connectivity index (χ0) is 20.0. The summed E-state index contributed by atoms with van der Waals surface area (Å²) in [7, 11) is -0.144. The van der Waals surface area contributed by atoms with E-state index in [-0.39, 0.29) is 33.0 Å². The average Bonchev–Trinajstić information content (AvgIpc) is 2.59. The van der Waals surface area contributed by atoms with Crippen LogP contribution in [-0.4, -0.2) is 37.6 Å². The molecule has 0 saturated heterocycles. The number of rotatable bonds is 9. The van der Waals surface area contributed by atoms with Gasteiger partial charge in [-0.15, -0.1) is 0 Å². The van der Waals surface area contributed by atoms with Crippen molar-refractivity contribution in [2.24, 2.45) is 11.8 Å². The largest absolute Gasteiger partial charge is 0.493 e. The normalized spacial score (nSPS) is 11.1. The van der Waals surface area contributed by atoms with Crippen LogP contribution in [0.2, 0.25) is 10.0 Å². The van der Waals surface area contributed by atoms with E-state index in [9.17, 15) is 4.79 Å². The Labute approximate surface area is 191 Å². The number of hydrogen-bond donors (Lipinski definition) is 0. The molecule has 0 spiro atoms. The van der Waals surface area contributed by atoms with Crippen molar-refractivity contribution in [2.75, 3.05) is 13.2 Å². The van der Waals surface area contributed by atoms with E-state index in [0.29, 0.717) is 46.4 Å². The molecule has 0 fully saturated rings. The van der Waals surface area contributed by atoms with Gasteiger partial charge in [0.15, 0.2) is 5.52 Å². The van der Waals surface area contributed by atoms with Gasteiger partial charge in [0.05, 0.1) is 28.8 Å². The number of carbonyl (C=O) groups excluding carboxylic acids is 1. The second-order valence-corrected chi connectivity index (χ2v) is 9.18. The molecule has 147 valence electrons. The summed E-state index contributed by atoms with van der Waals surface area (Å²) >= 11 is 12.4. The Kier molecular flexibility index (Phi) is 11.0. The molecular formula is C21H25Cl2LiO3P. The van der Waals surface area contributed by atoms with Crippen LogP contribution in [0.3, 0.4) is 0 Å². The molecule has 0 saturated carbocycles. The van der Waals surface area contributed by atoms with E-state index in [1.165, 1.54) is 0 Å². The maximum Gasteiger partial charge on any atom is 0.188 e. The number of ether oxygens (including phenoxy) is 2. The van der Waals surface area contributed by atoms with Gasteiger partial charge in [-0.3, -0.25) is 4.79 Å². The number of benzene rings is 2. The monoisotopic (exact) mass is 433 g/mol. The van der Waals surface area contributed by atoms with Crippen LogP contribution < -0.4 is 14.8 Å². The standard InChI is InChI=1S/C21H25Cl2O3P.Li/c1-13(2)11-25-15-8-9-19(18(10-15)26-12-14(3)4)27-21(24)20-16(22)6-5-7-17(20)23;/h5-10,13-14,27H,11-12H2,1-4H3;. The fourth-order valence-electron chi connectivity index (χ4n) is 2.23. The quantitative estimate of drug-likeness (QED) is 0.368. The summed E-state index contributed by atoms with van der Waals surface area (Å²) in [5.41, 5.74) is 0.241. The second kappa shape index (κ2) is 12.1. The minimum absolute atomic E-state index is 0. The minimum Gasteiger partial charge on any atom is -0.493 e. The predicted molar refractivity (Wildman–Crippen MR) is 122 cm³/mol. The molecule has 1 unspecified atom stereocenters. The van der Waals surface area contributed by atoms with Gasteiger partial charge in [0.25, 0.3) is 0 Å². The first-order valence-corrected chi connectivity index (χ1v) is 10.7. The summed E-state index contributed by atoms with van der Waals surface area (Å²) in [4.78, 5) is 12.8. The van der Waals surface area contributed by atoms with Crippen LogP contribution in [0.5, 0.6) is 11.5 Å². The molecule has 1 radical (unpaired) electrons. The van der Waals surface area contributed by atoms with E-state index >= 15 is 0 Å². The second-order valence-electron chi connectivity index (χ2n) is 7.12. The molecule has 28 heavy (non-hydrogen) atoms. The molecule has 3 nitrogen and oxygen atoms in total. The molecule has 7 heteroatoms. The van der Waals surface area contributed by atoms with E-state index in [0.717, 1.165) is 11.1 Å². The Morgan fingerprint density at radius 2 is 1.54 bits per heavy atom. The van der Waals surface area contributed by atoms with Gasteiger partial charge in [-0.05, 0) is 44.7 Å². The maximum absolute atomic E-state index is 12.8. The first kappa shape index (κ1) is 25.4. The number of halogens is 2. The van der Waals surface area contributed by atoms with E-state index in [4.69, 9.17) is 32.7 Å². The molecule has 2 aromatic carbocycles. The van der Waals surface area contributed by atoms with Crippen molar-refractivity contribution in [2.45, 2.75) is 27.7 Å². The Balaban J connectivity index is 0.00000392. The van der Waals surface area contributed by atoms with Gasteiger partial charge in [0, 0.05) is 30.2 Å². The van der Waals surface area contributed by atoms with Gasteiger partial charge in [-0.25, -0.2) is 0 Å². The van der Waals surface area contributed by atoms with Crippen LogP contribution in [0.4, 0.5) is 0 Å². The first-order chi connectivity index (χ1) is 12.8. The molecule has 0 aliphatic rings. The molecule has 1 atom stereocenters. The van der Waals surface area contributed by atoms with Crippen molar-refractivity contribution < 1.29 is 14.3 Å². The summed E-state index contributed by atoms with van der Waals surface area (Å²) in [6, 6.07) is 10.7. The van der Waals surface area contributed by atoms with Crippen molar-refractivity contribution in [3.05, 3.63) is 52.0 Å². The van der Waals surface area contributed by atoms with Gasteiger partial charge in [0.2, 0.25) is 0 Å². The third kappa shape index (κ3) is 7.62. The Bertz CT molecular complexity index is 777. The summed E-state index contributed by atoms with van der Waals surface area (Å²) in [5.74, 6) is 2.20. The van der Waals surface area contributed by atoms with E-state index in [2.05, 4.69) is 27.7 Å². The van der Waals surface area contributed by atoms with Gasteiger partial charge in [-0.2, -0.15) is 0 Å². The van der Waals surface area contributed by atoms with Crippen LogP contribution >= 0.6 is 31.8 Å². The third-order valence-corrected chi connectivity index (χ3v) is 5.34. The van der Waals surface area contributed by atoms with Crippen LogP contribution in [0.25, 0.3) is 0 Å². The fraction of sp³-hybridized carbons (Fsp3) is 0.381. The van der Waals surface area contributed by atoms with E-state index in [1.807, 2.05) is 18.2 Å². The van der Waals surface area contributed by atoms with Crippen LogP contribution in [-0.2, 0) is 0 Å². The molecule has 0 aliphatic carbocycles. The van der Waals surface area contributed by atoms with Gasteiger partial charge < -0.3 is 9.47 Å². The van der Waals surface area contributed by atoms with Crippen molar-refractivity contribution in [1.29, 1.82) is 0 Å². The van der Waals surface area contributed by atoms with Crippen molar-refractivity contribution >= 4 is 61.5 Å². The molecule has 0 aliphatic heterocycles. The molecule has 0 bridgehead atoms. The van der Waals surface area contributed by atoms with E-state index < -0.39 is 0 Å². The molecule has 2 aromatic rings.